The number of benzene rings is 3. The molecule has 1 fully saturated rings. The summed E-state index contributed by atoms with van der Waals surface area (Å²) in [5.41, 5.74) is 4.15. The Morgan fingerprint density at radius 3 is 2.47 bits per heavy atom. The highest BCUT2D eigenvalue weighted by Gasteiger charge is 2.42. The van der Waals surface area contributed by atoms with Crippen molar-refractivity contribution in [2.45, 2.75) is 43.7 Å². The first-order valence-corrected chi connectivity index (χ1v) is 12.7. The summed E-state index contributed by atoms with van der Waals surface area (Å²) in [6, 6.07) is 23.2. The number of urea groups is 1. The lowest BCUT2D eigenvalue weighted by Crippen LogP contribution is -2.58. The van der Waals surface area contributed by atoms with E-state index < -0.39 is 0 Å². The zero-order valence-electron chi connectivity index (χ0n) is 19.1. The summed E-state index contributed by atoms with van der Waals surface area (Å²) in [5, 5.41) is 6.38. The Balaban J connectivity index is 1.33. The normalized spacial score (nSPS) is 19.1. The van der Waals surface area contributed by atoms with Gasteiger partial charge in [-0.1, -0.05) is 58.4 Å². The molecule has 0 bridgehead atoms. The van der Waals surface area contributed by atoms with Gasteiger partial charge < -0.3 is 10.6 Å². The standard InChI is InChI=1S/C28H29BrFN3O/c29-23-7-3-8-25(16-23)31-27(34)32-28(17-21-5-1-2-6-22(21)18-28)19-33-14-4-9-26(33)15-20-10-12-24(30)13-11-20/h1-3,5-8,10-13,16,26H,4,9,14-15,17-19H2,(H2,31,32,34). The lowest BCUT2D eigenvalue weighted by Gasteiger charge is -2.37. The molecule has 1 aliphatic carbocycles. The second kappa shape index (κ2) is 9.88. The van der Waals surface area contributed by atoms with Crippen molar-refractivity contribution >= 4 is 27.6 Å². The molecule has 5 rings (SSSR count). The van der Waals surface area contributed by atoms with E-state index in [1.165, 1.54) is 23.3 Å². The minimum Gasteiger partial charge on any atom is -0.330 e. The van der Waals surface area contributed by atoms with Crippen LogP contribution in [-0.4, -0.2) is 35.6 Å². The van der Waals surface area contributed by atoms with E-state index in [2.05, 4.69) is 55.7 Å². The van der Waals surface area contributed by atoms with Gasteiger partial charge in [0.15, 0.2) is 0 Å². The fraction of sp³-hybridized carbons (Fsp3) is 0.321. The van der Waals surface area contributed by atoms with Crippen LogP contribution in [0.3, 0.4) is 0 Å². The number of likely N-dealkylation sites (tertiary alicyclic amines) is 1. The van der Waals surface area contributed by atoms with Crippen LogP contribution in [-0.2, 0) is 19.3 Å². The first-order chi connectivity index (χ1) is 16.5. The van der Waals surface area contributed by atoms with Crippen molar-refractivity contribution in [3.63, 3.8) is 0 Å². The van der Waals surface area contributed by atoms with Crippen LogP contribution in [0.2, 0.25) is 0 Å². The predicted molar refractivity (Wildman–Crippen MR) is 138 cm³/mol. The predicted octanol–water partition coefficient (Wildman–Crippen LogP) is 5.95. The van der Waals surface area contributed by atoms with Crippen molar-refractivity contribution < 1.29 is 9.18 Å². The maximum atomic E-state index is 13.4. The van der Waals surface area contributed by atoms with Crippen LogP contribution in [0.4, 0.5) is 14.9 Å². The summed E-state index contributed by atoms with van der Waals surface area (Å²) in [4.78, 5) is 15.6. The van der Waals surface area contributed by atoms with Gasteiger partial charge in [0.1, 0.15) is 5.82 Å². The molecule has 1 unspecified atom stereocenters. The third-order valence-corrected chi connectivity index (χ3v) is 7.52. The van der Waals surface area contributed by atoms with Crippen LogP contribution in [0.5, 0.6) is 0 Å². The molecule has 2 amide bonds. The molecule has 0 aromatic heterocycles. The Bertz CT molecular complexity index is 1140. The van der Waals surface area contributed by atoms with Gasteiger partial charge in [0, 0.05) is 22.7 Å². The molecule has 3 aromatic rings. The Hall–Kier alpha value is -2.70. The molecule has 1 saturated heterocycles. The zero-order chi connectivity index (χ0) is 23.5. The molecule has 1 heterocycles. The summed E-state index contributed by atoms with van der Waals surface area (Å²) >= 11 is 3.47. The SMILES string of the molecule is O=C(Nc1cccc(Br)c1)NC1(CN2CCCC2Cc2ccc(F)cc2)Cc2ccccc2C1. The van der Waals surface area contributed by atoms with Gasteiger partial charge in [0.2, 0.25) is 0 Å². The van der Waals surface area contributed by atoms with Crippen molar-refractivity contribution in [3.05, 3.63) is 99.8 Å². The molecule has 3 aromatic carbocycles. The highest BCUT2D eigenvalue weighted by atomic mass is 79.9. The largest absolute Gasteiger partial charge is 0.330 e. The number of nitrogens with one attached hydrogen (secondary N) is 2. The van der Waals surface area contributed by atoms with E-state index in [0.29, 0.717) is 6.04 Å². The molecule has 1 atom stereocenters. The minimum atomic E-state index is -0.370. The van der Waals surface area contributed by atoms with Crippen LogP contribution < -0.4 is 10.6 Å². The number of anilines is 1. The number of nitrogens with zero attached hydrogens (tertiary/aromatic N) is 1. The lowest BCUT2D eigenvalue weighted by atomic mass is 9.93. The Kier molecular flexibility index (Phi) is 6.70. The van der Waals surface area contributed by atoms with Gasteiger partial charge in [0.25, 0.3) is 0 Å². The Labute approximate surface area is 208 Å². The number of fused-ring (bicyclic) bond motifs is 1. The van der Waals surface area contributed by atoms with E-state index in [4.69, 9.17) is 0 Å². The van der Waals surface area contributed by atoms with Crippen LogP contribution in [0.15, 0.2) is 77.3 Å². The molecule has 1 aliphatic heterocycles. The van der Waals surface area contributed by atoms with Crippen LogP contribution in [0, 0.1) is 5.82 Å². The highest BCUT2D eigenvalue weighted by molar-refractivity contribution is 9.10. The zero-order valence-corrected chi connectivity index (χ0v) is 20.7. The third kappa shape index (κ3) is 5.34. The van der Waals surface area contributed by atoms with Crippen molar-refractivity contribution in [2.75, 3.05) is 18.4 Å². The van der Waals surface area contributed by atoms with Crippen molar-refractivity contribution in [2.24, 2.45) is 0 Å². The molecule has 6 heteroatoms. The lowest BCUT2D eigenvalue weighted by molar-refractivity contribution is 0.171. The average molecular weight is 522 g/mol. The van der Waals surface area contributed by atoms with Gasteiger partial charge in [-0.3, -0.25) is 4.90 Å². The topological polar surface area (TPSA) is 44.4 Å². The van der Waals surface area contributed by atoms with E-state index in [1.54, 1.807) is 0 Å². The van der Waals surface area contributed by atoms with E-state index in [9.17, 15) is 9.18 Å². The third-order valence-electron chi connectivity index (χ3n) is 7.03. The van der Waals surface area contributed by atoms with Crippen molar-refractivity contribution in [3.8, 4) is 0 Å². The monoisotopic (exact) mass is 521 g/mol. The molecular formula is C28H29BrFN3O. The Morgan fingerprint density at radius 2 is 1.76 bits per heavy atom. The fourth-order valence-electron chi connectivity index (χ4n) is 5.52. The second-order valence-corrected chi connectivity index (χ2v) is 10.5. The molecule has 2 N–H and O–H groups in total. The maximum absolute atomic E-state index is 13.4. The number of rotatable bonds is 6. The second-order valence-electron chi connectivity index (χ2n) is 9.59. The fourth-order valence-corrected chi connectivity index (χ4v) is 5.92. The summed E-state index contributed by atoms with van der Waals surface area (Å²) < 4.78 is 14.3. The molecule has 34 heavy (non-hydrogen) atoms. The summed E-state index contributed by atoms with van der Waals surface area (Å²) in [6.45, 7) is 1.80. The van der Waals surface area contributed by atoms with E-state index in [0.717, 1.165) is 60.9 Å². The van der Waals surface area contributed by atoms with Crippen LogP contribution in [0.25, 0.3) is 0 Å². The number of hydrogen-bond acceptors (Lipinski definition) is 2. The van der Waals surface area contributed by atoms with Gasteiger partial charge in [-0.05, 0) is 85.7 Å². The van der Waals surface area contributed by atoms with Gasteiger partial charge in [0.05, 0.1) is 5.54 Å². The van der Waals surface area contributed by atoms with Crippen LogP contribution >= 0.6 is 15.9 Å². The number of halogens is 2. The average Bonchev–Trinajstić information content (AvgIpc) is 3.38. The first kappa shape index (κ1) is 23.1. The molecule has 176 valence electrons. The number of hydrogen-bond donors (Lipinski definition) is 2. The number of amides is 2. The van der Waals surface area contributed by atoms with E-state index in [-0.39, 0.29) is 17.4 Å². The van der Waals surface area contributed by atoms with Crippen molar-refractivity contribution in [1.29, 1.82) is 0 Å². The first-order valence-electron chi connectivity index (χ1n) is 11.9. The molecule has 0 saturated carbocycles. The van der Waals surface area contributed by atoms with E-state index >= 15 is 0 Å². The maximum Gasteiger partial charge on any atom is 0.319 e. The molecule has 0 radical (unpaired) electrons. The molecular weight excluding hydrogens is 493 g/mol. The number of carbonyl (C=O) groups excluding carboxylic acids is 1. The highest BCUT2D eigenvalue weighted by Crippen LogP contribution is 2.33. The summed E-state index contributed by atoms with van der Waals surface area (Å²) in [7, 11) is 0. The van der Waals surface area contributed by atoms with Gasteiger partial charge >= 0.3 is 6.03 Å². The molecule has 2 aliphatic rings. The van der Waals surface area contributed by atoms with Gasteiger partial charge in [-0.2, -0.15) is 0 Å². The quantitative estimate of drug-likeness (QED) is 0.420. The number of carbonyl (C=O) groups is 1. The summed E-state index contributed by atoms with van der Waals surface area (Å²) in [6.07, 6.45) is 4.78. The molecule has 0 spiro atoms. The smallest absolute Gasteiger partial charge is 0.319 e. The minimum absolute atomic E-state index is 0.180. The van der Waals surface area contributed by atoms with Gasteiger partial charge in [-0.15, -0.1) is 0 Å². The Morgan fingerprint density at radius 1 is 1.03 bits per heavy atom. The van der Waals surface area contributed by atoms with E-state index in [1.807, 2.05) is 36.4 Å². The van der Waals surface area contributed by atoms with Gasteiger partial charge in [-0.25, -0.2) is 9.18 Å². The van der Waals surface area contributed by atoms with Crippen molar-refractivity contribution in [1.82, 2.24) is 10.2 Å². The summed E-state index contributed by atoms with van der Waals surface area (Å²) in [5.74, 6) is -0.199. The molecule has 4 nitrogen and oxygen atoms in total. The van der Waals surface area contributed by atoms with Crippen LogP contribution in [0.1, 0.15) is 29.5 Å².